The molecule has 1 amide bonds. The molecule has 0 saturated heterocycles. The number of H-pyrrole nitrogens is 1. The number of aliphatic hydroxyl groups excluding tert-OH is 1. The van der Waals surface area contributed by atoms with Gasteiger partial charge in [0.15, 0.2) is 0 Å². The van der Waals surface area contributed by atoms with E-state index in [1.807, 2.05) is 19.1 Å². The lowest BCUT2D eigenvalue weighted by molar-refractivity contribution is 0.102. The monoisotopic (exact) mass is 322 g/mol. The molecule has 0 aliphatic carbocycles. The number of aromatic nitrogens is 1. The fourth-order valence-electron chi connectivity index (χ4n) is 1.79. The number of halogens is 2. The highest BCUT2D eigenvalue weighted by molar-refractivity contribution is 6.41. The van der Waals surface area contributed by atoms with E-state index in [0.717, 1.165) is 5.56 Å². The third kappa shape index (κ3) is 4.02. The van der Waals surface area contributed by atoms with E-state index in [0.29, 0.717) is 16.3 Å². The van der Waals surface area contributed by atoms with Crippen molar-refractivity contribution in [2.45, 2.75) is 6.92 Å². The van der Waals surface area contributed by atoms with E-state index in [1.165, 1.54) is 6.07 Å². The maximum atomic E-state index is 12.1. The Hall–Kier alpha value is -1.93. The maximum absolute atomic E-state index is 12.1. The van der Waals surface area contributed by atoms with Crippen LogP contribution in [0.3, 0.4) is 0 Å². The highest BCUT2D eigenvalue weighted by atomic mass is 35.5. The van der Waals surface area contributed by atoms with Crippen molar-refractivity contribution in [2.24, 2.45) is 0 Å². The molecule has 21 heavy (non-hydrogen) atoms. The van der Waals surface area contributed by atoms with Crippen LogP contribution < -0.4 is 5.32 Å². The van der Waals surface area contributed by atoms with Gasteiger partial charge >= 0.3 is 0 Å². The van der Waals surface area contributed by atoms with Gasteiger partial charge in [-0.05, 0) is 36.8 Å². The maximum Gasteiger partial charge on any atom is 0.272 e. The molecule has 0 atom stereocenters. The molecule has 0 spiro atoms. The molecule has 0 fully saturated rings. The third-order valence-electron chi connectivity index (χ3n) is 2.62. The van der Waals surface area contributed by atoms with E-state index in [-0.39, 0.29) is 23.4 Å². The van der Waals surface area contributed by atoms with E-state index in [2.05, 4.69) is 22.1 Å². The summed E-state index contributed by atoms with van der Waals surface area (Å²) in [6.07, 6.45) is 0. The molecule has 0 unspecified atom stereocenters. The highest BCUT2D eigenvalue weighted by Gasteiger charge is 2.12. The Bertz CT molecular complexity index is 722. The zero-order valence-corrected chi connectivity index (χ0v) is 12.6. The fourth-order valence-corrected chi connectivity index (χ4v) is 2.11. The Kier molecular flexibility index (Phi) is 4.92. The summed E-state index contributed by atoms with van der Waals surface area (Å²) in [6.45, 7) is 1.68. The Balaban J connectivity index is 2.22. The minimum atomic E-state index is -0.351. The van der Waals surface area contributed by atoms with Gasteiger partial charge in [-0.1, -0.05) is 35.0 Å². The quantitative estimate of drug-likeness (QED) is 0.743. The van der Waals surface area contributed by atoms with Crippen LogP contribution in [-0.2, 0) is 0 Å². The molecule has 0 saturated carbocycles. The van der Waals surface area contributed by atoms with Crippen molar-refractivity contribution < 1.29 is 9.90 Å². The molecular formula is C15H12Cl2N2O2. The van der Waals surface area contributed by atoms with Gasteiger partial charge in [0.2, 0.25) is 0 Å². The largest absolute Gasteiger partial charge is 0.384 e. The van der Waals surface area contributed by atoms with E-state index < -0.39 is 0 Å². The number of aryl methyl sites for hydroxylation is 1. The van der Waals surface area contributed by atoms with Crippen LogP contribution in [0, 0.1) is 18.8 Å². The summed E-state index contributed by atoms with van der Waals surface area (Å²) in [5.74, 6) is 5.02. The molecule has 2 rings (SSSR count). The molecule has 1 heterocycles. The minimum Gasteiger partial charge on any atom is -0.384 e. The van der Waals surface area contributed by atoms with Gasteiger partial charge in [-0.15, -0.1) is 0 Å². The zero-order chi connectivity index (χ0) is 15.4. The van der Waals surface area contributed by atoms with E-state index >= 15 is 0 Å². The number of aliphatic hydroxyl groups is 1. The second-order valence-electron chi connectivity index (χ2n) is 4.35. The first-order valence-corrected chi connectivity index (χ1v) is 6.82. The second-order valence-corrected chi connectivity index (χ2v) is 5.13. The first-order chi connectivity index (χ1) is 9.99. The molecule has 0 bridgehead atoms. The number of carbonyl (C=O) groups excluding carboxylic acids is 1. The summed E-state index contributed by atoms with van der Waals surface area (Å²) in [5, 5.41) is 12.0. The Morgan fingerprint density at radius 3 is 2.71 bits per heavy atom. The van der Waals surface area contributed by atoms with Crippen LogP contribution in [0.4, 0.5) is 5.69 Å². The number of amides is 1. The van der Waals surface area contributed by atoms with Gasteiger partial charge in [0.05, 0.1) is 5.02 Å². The van der Waals surface area contributed by atoms with Crippen LogP contribution in [0.2, 0.25) is 10.2 Å². The second kappa shape index (κ2) is 6.68. The van der Waals surface area contributed by atoms with E-state index in [9.17, 15) is 4.79 Å². The van der Waals surface area contributed by atoms with Gasteiger partial charge in [-0.3, -0.25) is 4.79 Å². The smallest absolute Gasteiger partial charge is 0.272 e. The van der Waals surface area contributed by atoms with Gasteiger partial charge in [0.25, 0.3) is 5.91 Å². The highest BCUT2D eigenvalue weighted by Crippen LogP contribution is 2.22. The van der Waals surface area contributed by atoms with Gasteiger partial charge < -0.3 is 15.4 Å². The standard InChI is InChI=1S/C15H12Cl2N2O2/c1-9-5-10(3-2-4-20)7-11(6-9)18-15(21)13-8-12(16)14(17)19-13/h5-8,19-20H,4H2,1H3,(H,18,21). The number of nitrogens with one attached hydrogen (secondary N) is 2. The number of carbonyl (C=O) groups is 1. The molecule has 4 nitrogen and oxygen atoms in total. The first-order valence-electron chi connectivity index (χ1n) is 6.06. The van der Waals surface area contributed by atoms with Crippen LogP contribution in [0.25, 0.3) is 0 Å². The van der Waals surface area contributed by atoms with Crippen molar-refractivity contribution in [2.75, 3.05) is 11.9 Å². The van der Waals surface area contributed by atoms with E-state index in [1.54, 1.807) is 6.07 Å². The Labute approximate surface area is 132 Å². The summed E-state index contributed by atoms with van der Waals surface area (Å²) in [5.41, 5.74) is 2.53. The van der Waals surface area contributed by atoms with Crippen LogP contribution in [-0.4, -0.2) is 22.6 Å². The van der Waals surface area contributed by atoms with Gasteiger partial charge in [0.1, 0.15) is 17.5 Å². The summed E-state index contributed by atoms with van der Waals surface area (Å²) in [6, 6.07) is 6.86. The van der Waals surface area contributed by atoms with Gasteiger partial charge in [0, 0.05) is 11.3 Å². The van der Waals surface area contributed by atoms with Crippen LogP contribution in [0.5, 0.6) is 0 Å². The molecule has 1 aromatic carbocycles. The predicted octanol–water partition coefficient (Wildman–Crippen LogP) is 3.23. The molecule has 0 aliphatic rings. The lowest BCUT2D eigenvalue weighted by Gasteiger charge is -2.06. The van der Waals surface area contributed by atoms with Crippen molar-refractivity contribution in [3.05, 3.63) is 51.3 Å². The SMILES string of the molecule is Cc1cc(C#CCO)cc(NC(=O)c2cc(Cl)c(Cl)[nH]2)c1. The molecule has 1 aromatic heterocycles. The summed E-state index contributed by atoms with van der Waals surface area (Å²) in [4.78, 5) is 14.8. The van der Waals surface area contributed by atoms with E-state index in [4.69, 9.17) is 28.3 Å². The minimum absolute atomic E-state index is 0.213. The average Bonchev–Trinajstić information content (AvgIpc) is 2.76. The normalized spacial score (nSPS) is 9.90. The van der Waals surface area contributed by atoms with Crippen molar-refractivity contribution >= 4 is 34.8 Å². The number of anilines is 1. The van der Waals surface area contributed by atoms with Crippen LogP contribution in [0.15, 0.2) is 24.3 Å². The van der Waals surface area contributed by atoms with Crippen molar-refractivity contribution in [3.63, 3.8) is 0 Å². The van der Waals surface area contributed by atoms with Crippen LogP contribution in [0.1, 0.15) is 21.6 Å². The summed E-state index contributed by atoms with van der Waals surface area (Å²) < 4.78 is 0. The molecular weight excluding hydrogens is 311 g/mol. The van der Waals surface area contributed by atoms with Gasteiger partial charge in [-0.2, -0.15) is 0 Å². The van der Waals surface area contributed by atoms with Gasteiger partial charge in [-0.25, -0.2) is 0 Å². The lowest BCUT2D eigenvalue weighted by atomic mass is 10.1. The Morgan fingerprint density at radius 1 is 1.33 bits per heavy atom. The number of rotatable bonds is 2. The summed E-state index contributed by atoms with van der Waals surface area (Å²) >= 11 is 11.6. The molecule has 108 valence electrons. The van der Waals surface area contributed by atoms with Crippen molar-refractivity contribution in [3.8, 4) is 11.8 Å². The third-order valence-corrected chi connectivity index (χ3v) is 3.31. The van der Waals surface area contributed by atoms with Crippen molar-refractivity contribution in [1.82, 2.24) is 4.98 Å². The topological polar surface area (TPSA) is 65.1 Å². The zero-order valence-electron chi connectivity index (χ0n) is 11.1. The molecule has 2 aromatic rings. The number of benzene rings is 1. The number of aromatic amines is 1. The molecule has 0 radical (unpaired) electrons. The lowest BCUT2D eigenvalue weighted by Crippen LogP contribution is -2.12. The average molecular weight is 323 g/mol. The predicted molar refractivity (Wildman–Crippen MR) is 83.9 cm³/mol. The summed E-state index contributed by atoms with van der Waals surface area (Å²) in [7, 11) is 0. The van der Waals surface area contributed by atoms with Crippen molar-refractivity contribution in [1.29, 1.82) is 0 Å². The Morgan fingerprint density at radius 2 is 2.10 bits per heavy atom. The molecule has 3 N–H and O–H groups in total. The molecule has 6 heteroatoms. The fraction of sp³-hybridized carbons (Fsp3) is 0.133. The first kappa shape index (κ1) is 15.5. The molecule has 0 aliphatic heterocycles. The number of hydrogen-bond acceptors (Lipinski definition) is 2. The number of hydrogen-bond donors (Lipinski definition) is 3. The van der Waals surface area contributed by atoms with Crippen LogP contribution >= 0.6 is 23.2 Å².